The fourth-order valence-corrected chi connectivity index (χ4v) is 9.31. The molecule has 5 aromatic rings. The minimum atomic E-state index is 0.538. The van der Waals surface area contributed by atoms with Gasteiger partial charge in [-0.2, -0.15) is 0 Å². The van der Waals surface area contributed by atoms with Crippen LogP contribution < -0.4 is 0 Å². The second-order valence-electron chi connectivity index (χ2n) is 9.65. The summed E-state index contributed by atoms with van der Waals surface area (Å²) in [5.41, 5.74) is 12.9. The van der Waals surface area contributed by atoms with Crippen LogP contribution in [0.25, 0.3) is 53.9 Å². The highest BCUT2D eigenvalue weighted by Gasteiger charge is 2.43. The molecule has 162 valence electrons. The van der Waals surface area contributed by atoms with Crippen LogP contribution in [0.15, 0.2) is 95.4 Å². The normalized spacial score (nSPS) is 19.2. The van der Waals surface area contributed by atoms with Crippen molar-refractivity contribution in [3.05, 3.63) is 107 Å². The molecule has 2 heterocycles. The van der Waals surface area contributed by atoms with Crippen LogP contribution in [0, 0.1) is 0 Å². The summed E-state index contributed by atoms with van der Waals surface area (Å²) in [7, 11) is 0. The van der Waals surface area contributed by atoms with Gasteiger partial charge in [-0.3, -0.25) is 0 Å². The molecule has 0 saturated heterocycles. The van der Waals surface area contributed by atoms with Crippen LogP contribution in [0.3, 0.4) is 0 Å². The van der Waals surface area contributed by atoms with Crippen molar-refractivity contribution in [2.45, 2.75) is 25.0 Å². The molecule has 0 amide bonds. The van der Waals surface area contributed by atoms with Gasteiger partial charge in [0.15, 0.2) is 0 Å². The average molecular weight is 471 g/mol. The lowest BCUT2D eigenvalue weighted by molar-refractivity contribution is 0.822. The highest BCUT2D eigenvalue weighted by Crippen LogP contribution is 2.66. The van der Waals surface area contributed by atoms with Gasteiger partial charge in [0, 0.05) is 37.6 Å². The van der Waals surface area contributed by atoms with Crippen molar-refractivity contribution in [1.29, 1.82) is 0 Å². The molecule has 2 unspecified atom stereocenters. The Morgan fingerprint density at radius 2 is 1.26 bits per heavy atom. The lowest BCUT2D eigenvalue weighted by Gasteiger charge is -2.13. The third-order valence-electron chi connectivity index (χ3n) is 8.02. The van der Waals surface area contributed by atoms with Crippen molar-refractivity contribution in [2.24, 2.45) is 0 Å². The molecule has 0 N–H and O–H groups in total. The van der Waals surface area contributed by atoms with Crippen LogP contribution in [0.5, 0.6) is 0 Å². The van der Waals surface area contributed by atoms with E-state index in [9.17, 15) is 0 Å². The molecular formula is C32H22S2. The number of rotatable bonds is 2. The molecule has 34 heavy (non-hydrogen) atoms. The average Bonchev–Trinajstić information content (AvgIpc) is 3.58. The van der Waals surface area contributed by atoms with Crippen molar-refractivity contribution >= 4 is 33.9 Å². The summed E-state index contributed by atoms with van der Waals surface area (Å²) in [6.45, 7) is 4.64. The number of thioether (sulfide) groups is 1. The van der Waals surface area contributed by atoms with Gasteiger partial charge in [0.2, 0.25) is 0 Å². The van der Waals surface area contributed by atoms with Crippen molar-refractivity contribution in [3.63, 3.8) is 0 Å². The number of hydrogen-bond donors (Lipinski definition) is 0. The topological polar surface area (TPSA) is 0 Å². The van der Waals surface area contributed by atoms with E-state index in [0.29, 0.717) is 11.2 Å². The molecule has 0 spiro atoms. The molecule has 2 heteroatoms. The second-order valence-corrected chi connectivity index (χ2v) is 12.0. The van der Waals surface area contributed by atoms with E-state index in [0.717, 1.165) is 0 Å². The summed E-state index contributed by atoms with van der Waals surface area (Å²) < 4.78 is 0. The van der Waals surface area contributed by atoms with E-state index in [-0.39, 0.29) is 0 Å². The van der Waals surface area contributed by atoms with E-state index in [1.54, 1.807) is 16.7 Å². The maximum atomic E-state index is 2.45. The van der Waals surface area contributed by atoms with Crippen molar-refractivity contribution in [1.82, 2.24) is 0 Å². The van der Waals surface area contributed by atoms with Crippen molar-refractivity contribution in [2.75, 3.05) is 0 Å². The van der Waals surface area contributed by atoms with Crippen LogP contribution >= 0.6 is 23.1 Å². The van der Waals surface area contributed by atoms with Crippen LogP contribution in [0.4, 0.5) is 0 Å². The summed E-state index contributed by atoms with van der Waals surface area (Å²) in [6.07, 6.45) is 0. The van der Waals surface area contributed by atoms with Gasteiger partial charge in [-0.15, -0.1) is 23.1 Å². The maximum Gasteiger partial charge on any atom is 0.0453 e. The third kappa shape index (κ3) is 2.31. The molecule has 8 rings (SSSR count). The van der Waals surface area contributed by atoms with E-state index in [4.69, 9.17) is 0 Å². The van der Waals surface area contributed by atoms with E-state index in [2.05, 4.69) is 111 Å². The molecule has 0 nitrogen and oxygen atoms in total. The van der Waals surface area contributed by atoms with Gasteiger partial charge in [0.25, 0.3) is 0 Å². The standard InChI is InChI=1S/C32H22S2/c1-17-18(2)33-31-23-15-16-24-28-22(14-13-21(25(17)31)27(23)28)29-26(19-9-5-3-6-10-19)30(34-32(24)29)20-11-7-4-8-12-20/h3-16,25,31H,1-2H3. The Labute approximate surface area is 208 Å². The van der Waals surface area contributed by atoms with Crippen LogP contribution in [0.1, 0.15) is 36.1 Å². The molecule has 0 fully saturated rings. The first-order valence-corrected chi connectivity index (χ1v) is 13.6. The van der Waals surface area contributed by atoms with Gasteiger partial charge in [-0.05, 0) is 57.3 Å². The Balaban J connectivity index is 1.45. The predicted octanol–water partition coefficient (Wildman–Crippen LogP) is 10.1. The Hall–Kier alpha value is -3.07. The number of fused-ring (bicyclic) bond motifs is 6. The third-order valence-corrected chi connectivity index (χ3v) is 10.7. The smallest absolute Gasteiger partial charge is 0.0453 e. The Bertz CT molecular complexity index is 1690. The number of hydrogen-bond acceptors (Lipinski definition) is 2. The zero-order chi connectivity index (χ0) is 22.6. The van der Waals surface area contributed by atoms with Crippen LogP contribution in [-0.4, -0.2) is 0 Å². The molecule has 1 aliphatic heterocycles. The summed E-state index contributed by atoms with van der Waals surface area (Å²) in [4.78, 5) is 4.32. The summed E-state index contributed by atoms with van der Waals surface area (Å²) >= 11 is 4.04. The molecular weight excluding hydrogens is 448 g/mol. The highest BCUT2D eigenvalue weighted by molar-refractivity contribution is 8.03. The first kappa shape index (κ1) is 19.3. The van der Waals surface area contributed by atoms with Gasteiger partial charge in [-0.25, -0.2) is 0 Å². The molecule has 1 aromatic heterocycles. The minimum absolute atomic E-state index is 0.538. The van der Waals surface area contributed by atoms with Crippen LogP contribution in [-0.2, 0) is 0 Å². The lowest BCUT2D eigenvalue weighted by Crippen LogP contribution is -1.97. The number of thiophene rings is 1. The fourth-order valence-electron chi connectivity index (χ4n) is 6.43. The Kier molecular flexibility index (Phi) is 3.82. The zero-order valence-electron chi connectivity index (χ0n) is 19.1. The van der Waals surface area contributed by atoms with Gasteiger partial charge in [0.05, 0.1) is 0 Å². The summed E-state index contributed by atoms with van der Waals surface area (Å²) in [5, 5.41) is 3.58. The highest BCUT2D eigenvalue weighted by atomic mass is 32.2. The molecule has 2 aliphatic carbocycles. The van der Waals surface area contributed by atoms with Gasteiger partial charge in [0.1, 0.15) is 0 Å². The molecule has 0 bridgehead atoms. The fraction of sp³-hybridized carbons (Fsp3) is 0.125. The SMILES string of the molecule is CC1=C(C)C2c3ccc4c5c(ccc(c35)C2S1)-c1sc(-c2ccccc2)c(-c2ccccc2)c1-4. The van der Waals surface area contributed by atoms with E-state index in [1.165, 1.54) is 58.8 Å². The monoisotopic (exact) mass is 470 g/mol. The van der Waals surface area contributed by atoms with Gasteiger partial charge in [-0.1, -0.05) is 90.5 Å². The van der Waals surface area contributed by atoms with E-state index in [1.807, 2.05) is 11.3 Å². The van der Waals surface area contributed by atoms with Crippen molar-refractivity contribution in [3.8, 4) is 43.1 Å². The first-order valence-electron chi connectivity index (χ1n) is 11.9. The second kappa shape index (κ2) is 6.75. The van der Waals surface area contributed by atoms with Crippen molar-refractivity contribution < 1.29 is 0 Å². The Morgan fingerprint density at radius 3 is 2.03 bits per heavy atom. The van der Waals surface area contributed by atoms with Gasteiger partial charge >= 0.3 is 0 Å². The first-order chi connectivity index (χ1) is 16.7. The zero-order valence-corrected chi connectivity index (χ0v) is 20.7. The lowest BCUT2D eigenvalue weighted by atomic mass is 9.90. The number of benzene rings is 4. The molecule has 3 aliphatic rings. The quantitative estimate of drug-likeness (QED) is 0.242. The van der Waals surface area contributed by atoms with E-state index >= 15 is 0 Å². The largest absolute Gasteiger partial charge is 0.134 e. The maximum absolute atomic E-state index is 2.45. The van der Waals surface area contributed by atoms with Gasteiger partial charge < -0.3 is 0 Å². The molecule has 2 atom stereocenters. The van der Waals surface area contributed by atoms with Crippen LogP contribution in [0.2, 0.25) is 0 Å². The minimum Gasteiger partial charge on any atom is -0.134 e. The molecule has 0 radical (unpaired) electrons. The van der Waals surface area contributed by atoms with E-state index < -0.39 is 0 Å². The Morgan fingerprint density at radius 1 is 0.588 bits per heavy atom. The molecule has 0 saturated carbocycles. The predicted molar refractivity (Wildman–Crippen MR) is 149 cm³/mol. The summed E-state index contributed by atoms with van der Waals surface area (Å²) in [5.74, 6) is 0.538. The molecule has 4 aromatic carbocycles. The summed E-state index contributed by atoms with van der Waals surface area (Å²) in [6, 6.07) is 31.6. The number of allylic oxidation sites excluding steroid dienone is 2.